The van der Waals surface area contributed by atoms with E-state index in [1.807, 2.05) is 30.3 Å². The molecule has 4 heterocycles. The molecule has 176 valence electrons. The smallest absolute Gasteiger partial charge is 0.331 e. The van der Waals surface area contributed by atoms with Crippen LogP contribution in [-0.4, -0.2) is 36.1 Å². The third-order valence-corrected chi connectivity index (χ3v) is 7.67. The SMILES string of the molecule is Cc1ccc(-c2cccc(N3C(=O)Nc4c(C(=O)N[C@@H]5CCCNC5)sc5nccc3c45)c2)cc1. The second-order valence-corrected chi connectivity index (χ2v) is 10.0. The normalized spacial score (nSPS) is 17.3. The minimum atomic E-state index is -0.294. The number of pyridine rings is 1. The fraction of sp³-hybridized carbons (Fsp3) is 0.222. The van der Waals surface area contributed by atoms with Crippen molar-refractivity contribution in [2.75, 3.05) is 23.3 Å². The largest absolute Gasteiger partial charge is 0.347 e. The summed E-state index contributed by atoms with van der Waals surface area (Å²) in [6, 6.07) is 17.9. The van der Waals surface area contributed by atoms with Gasteiger partial charge in [0, 0.05) is 18.8 Å². The summed E-state index contributed by atoms with van der Waals surface area (Å²) < 4.78 is 0. The second kappa shape index (κ2) is 8.79. The Morgan fingerprint density at radius 1 is 1.14 bits per heavy atom. The van der Waals surface area contributed by atoms with Crippen LogP contribution in [-0.2, 0) is 0 Å². The number of benzene rings is 2. The van der Waals surface area contributed by atoms with Crippen molar-refractivity contribution >= 4 is 50.6 Å². The zero-order valence-corrected chi connectivity index (χ0v) is 20.1. The molecule has 0 unspecified atom stereocenters. The summed E-state index contributed by atoms with van der Waals surface area (Å²) >= 11 is 1.31. The summed E-state index contributed by atoms with van der Waals surface area (Å²) in [5.41, 5.74) is 5.34. The first kappa shape index (κ1) is 21.8. The van der Waals surface area contributed by atoms with Crippen molar-refractivity contribution < 1.29 is 9.59 Å². The zero-order chi connectivity index (χ0) is 23.9. The lowest BCUT2D eigenvalue weighted by atomic mass is 10.0. The lowest BCUT2D eigenvalue weighted by Crippen LogP contribution is -2.45. The van der Waals surface area contributed by atoms with Gasteiger partial charge in [0.2, 0.25) is 0 Å². The molecular weight excluding hydrogens is 458 g/mol. The van der Waals surface area contributed by atoms with Crippen LogP contribution in [0.1, 0.15) is 28.1 Å². The summed E-state index contributed by atoms with van der Waals surface area (Å²) in [6.45, 7) is 3.80. The number of piperidine rings is 1. The van der Waals surface area contributed by atoms with Gasteiger partial charge >= 0.3 is 6.03 Å². The number of hydrogen-bond donors (Lipinski definition) is 3. The lowest BCUT2D eigenvalue weighted by molar-refractivity contribution is 0.0935. The summed E-state index contributed by atoms with van der Waals surface area (Å²) in [4.78, 5) is 34.0. The molecule has 3 N–H and O–H groups in total. The van der Waals surface area contributed by atoms with Gasteiger partial charge in [-0.1, -0.05) is 42.0 Å². The number of nitrogens with one attached hydrogen (secondary N) is 3. The van der Waals surface area contributed by atoms with Gasteiger partial charge in [0.05, 0.1) is 22.4 Å². The quantitative estimate of drug-likeness (QED) is 0.361. The van der Waals surface area contributed by atoms with Gasteiger partial charge in [-0.15, -0.1) is 11.3 Å². The Balaban J connectivity index is 1.39. The van der Waals surface area contributed by atoms with E-state index in [1.54, 1.807) is 11.1 Å². The van der Waals surface area contributed by atoms with Crippen molar-refractivity contribution in [2.24, 2.45) is 0 Å². The fourth-order valence-electron chi connectivity index (χ4n) is 4.80. The van der Waals surface area contributed by atoms with E-state index in [9.17, 15) is 9.59 Å². The van der Waals surface area contributed by atoms with Gasteiger partial charge in [-0.3, -0.25) is 9.69 Å². The number of urea groups is 1. The number of aryl methyl sites for hydroxylation is 1. The van der Waals surface area contributed by atoms with Gasteiger partial charge in [-0.25, -0.2) is 9.78 Å². The van der Waals surface area contributed by atoms with E-state index in [4.69, 9.17) is 0 Å². The molecule has 1 saturated heterocycles. The Hall–Kier alpha value is -3.75. The van der Waals surface area contributed by atoms with Gasteiger partial charge in [-0.2, -0.15) is 0 Å². The molecule has 7 nitrogen and oxygen atoms in total. The molecule has 8 heteroatoms. The number of anilines is 3. The third kappa shape index (κ3) is 3.94. The van der Waals surface area contributed by atoms with E-state index in [2.05, 4.69) is 52.1 Å². The van der Waals surface area contributed by atoms with Gasteiger partial charge in [0.15, 0.2) is 0 Å². The number of hydrogen-bond acceptors (Lipinski definition) is 5. The highest BCUT2D eigenvalue weighted by Crippen LogP contribution is 2.46. The molecule has 0 saturated carbocycles. The van der Waals surface area contributed by atoms with Crippen molar-refractivity contribution in [3.8, 4) is 11.1 Å². The molecule has 0 bridgehead atoms. The summed E-state index contributed by atoms with van der Waals surface area (Å²) in [5.74, 6) is -0.169. The van der Waals surface area contributed by atoms with Crippen molar-refractivity contribution in [2.45, 2.75) is 25.8 Å². The predicted molar refractivity (Wildman–Crippen MR) is 141 cm³/mol. The molecule has 1 atom stereocenters. The molecule has 3 amide bonds. The molecule has 1 fully saturated rings. The van der Waals surface area contributed by atoms with Crippen LogP contribution in [0.2, 0.25) is 0 Å². The van der Waals surface area contributed by atoms with Gasteiger partial charge in [0.1, 0.15) is 9.71 Å². The maximum Gasteiger partial charge on any atom is 0.331 e. The number of thiophene rings is 1. The van der Waals surface area contributed by atoms with Crippen LogP contribution in [0.5, 0.6) is 0 Å². The van der Waals surface area contributed by atoms with Crippen LogP contribution in [0, 0.1) is 6.92 Å². The van der Waals surface area contributed by atoms with Crippen LogP contribution in [0.3, 0.4) is 0 Å². The molecule has 0 aliphatic carbocycles. The first-order valence-electron chi connectivity index (χ1n) is 11.8. The highest BCUT2D eigenvalue weighted by Gasteiger charge is 2.33. The van der Waals surface area contributed by atoms with Gasteiger partial charge in [-0.05, 0) is 55.6 Å². The average Bonchev–Trinajstić information content (AvgIpc) is 3.25. The highest BCUT2D eigenvalue weighted by atomic mass is 32.1. The van der Waals surface area contributed by atoms with E-state index in [1.165, 1.54) is 16.9 Å². The van der Waals surface area contributed by atoms with E-state index in [0.717, 1.165) is 58.6 Å². The summed E-state index contributed by atoms with van der Waals surface area (Å²) in [6.07, 6.45) is 3.67. The topological polar surface area (TPSA) is 86.4 Å². The standard InChI is InChI=1S/C27H25N5O2S/c1-16-7-9-17(10-8-16)18-4-2-6-20(14-18)32-21-11-13-29-26-22(21)23(31-27(32)34)24(35-26)25(33)30-19-5-3-12-28-15-19/h2,4,6-11,13-14,19,28H,3,5,12,15H2,1H3,(H,30,33)(H,31,34)/t19-/m1/s1. The van der Waals surface area contributed by atoms with Gasteiger partial charge in [0.25, 0.3) is 5.91 Å². The molecule has 2 aromatic carbocycles. The van der Waals surface area contributed by atoms with Crippen LogP contribution < -0.4 is 20.9 Å². The maximum absolute atomic E-state index is 13.4. The molecule has 0 radical (unpaired) electrons. The summed E-state index contributed by atoms with van der Waals surface area (Å²) in [7, 11) is 0. The number of nitrogens with zero attached hydrogens (tertiary/aromatic N) is 2. The number of rotatable bonds is 4. The Morgan fingerprint density at radius 2 is 2.00 bits per heavy atom. The highest BCUT2D eigenvalue weighted by molar-refractivity contribution is 7.21. The summed E-state index contributed by atoms with van der Waals surface area (Å²) in [5, 5.41) is 10.2. The maximum atomic E-state index is 13.4. The predicted octanol–water partition coefficient (Wildman–Crippen LogP) is 5.44. The van der Waals surface area contributed by atoms with Crippen molar-refractivity contribution in [3.63, 3.8) is 0 Å². The first-order valence-corrected chi connectivity index (χ1v) is 12.6. The van der Waals surface area contributed by atoms with Crippen molar-refractivity contribution in [3.05, 3.63) is 71.2 Å². The van der Waals surface area contributed by atoms with Crippen LogP contribution in [0.25, 0.3) is 21.3 Å². The van der Waals surface area contributed by atoms with Gasteiger partial charge < -0.3 is 16.0 Å². The van der Waals surface area contributed by atoms with Crippen molar-refractivity contribution in [1.82, 2.24) is 15.6 Å². The van der Waals surface area contributed by atoms with Crippen LogP contribution in [0.15, 0.2) is 60.8 Å². The van der Waals surface area contributed by atoms with E-state index >= 15 is 0 Å². The molecule has 2 aromatic heterocycles. The number of aromatic nitrogens is 1. The Bertz CT molecular complexity index is 1440. The second-order valence-electron chi connectivity index (χ2n) is 9.02. The molecule has 35 heavy (non-hydrogen) atoms. The molecular formula is C27H25N5O2S. The monoisotopic (exact) mass is 483 g/mol. The molecule has 6 rings (SSSR count). The van der Waals surface area contributed by atoms with Crippen LogP contribution in [0.4, 0.5) is 21.9 Å². The number of carbonyl (C=O) groups is 2. The number of carbonyl (C=O) groups excluding carboxylic acids is 2. The Labute approximate surface area is 207 Å². The first-order chi connectivity index (χ1) is 17.1. The van der Waals surface area contributed by atoms with E-state index in [-0.39, 0.29) is 18.0 Å². The molecule has 0 spiro atoms. The number of amides is 3. The van der Waals surface area contributed by atoms with Crippen LogP contribution >= 0.6 is 11.3 Å². The minimum Gasteiger partial charge on any atom is -0.347 e. The minimum absolute atomic E-state index is 0.0846. The Morgan fingerprint density at radius 3 is 2.80 bits per heavy atom. The average molecular weight is 484 g/mol. The molecule has 4 aromatic rings. The third-order valence-electron chi connectivity index (χ3n) is 6.57. The lowest BCUT2D eigenvalue weighted by Gasteiger charge is -2.29. The van der Waals surface area contributed by atoms with E-state index in [0.29, 0.717) is 10.6 Å². The molecule has 2 aliphatic heterocycles. The van der Waals surface area contributed by atoms with E-state index < -0.39 is 0 Å². The fourth-order valence-corrected chi connectivity index (χ4v) is 5.82. The zero-order valence-electron chi connectivity index (χ0n) is 19.3. The van der Waals surface area contributed by atoms with Crippen molar-refractivity contribution in [1.29, 1.82) is 0 Å². The Kier molecular flexibility index (Phi) is 5.47. The molecule has 2 aliphatic rings.